The topological polar surface area (TPSA) is 20.2 Å². The molecular formula is C10H16O. The zero-order valence-electron chi connectivity index (χ0n) is 7.25. The van der Waals surface area contributed by atoms with E-state index in [1.807, 2.05) is 13.8 Å². The highest BCUT2D eigenvalue weighted by molar-refractivity contribution is 5.12. The third-order valence-corrected chi connectivity index (χ3v) is 2.38. The van der Waals surface area contributed by atoms with Crippen molar-refractivity contribution in [3.8, 4) is 0 Å². The molecule has 0 heterocycles. The lowest BCUT2D eigenvalue weighted by atomic mass is 9.84. The number of aliphatic hydroxyl groups is 1. The molecule has 1 rings (SSSR count). The van der Waals surface area contributed by atoms with Gasteiger partial charge in [-0.2, -0.15) is 0 Å². The van der Waals surface area contributed by atoms with E-state index in [0.717, 1.165) is 12.0 Å². The second-order valence-electron chi connectivity index (χ2n) is 3.50. The minimum absolute atomic E-state index is 0.179. The lowest BCUT2D eigenvalue weighted by Crippen LogP contribution is -2.23. The third kappa shape index (κ3) is 1.93. The Balaban J connectivity index is 2.63. The van der Waals surface area contributed by atoms with Crippen LogP contribution in [0.15, 0.2) is 24.3 Å². The minimum Gasteiger partial charge on any atom is -0.392 e. The maximum Gasteiger partial charge on any atom is 0.0608 e. The number of aliphatic hydroxyl groups excluding tert-OH is 1. The predicted octanol–water partition coefficient (Wildman–Crippen LogP) is 2.14. The van der Waals surface area contributed by atoms with Gasteiger partial charge < -0.3 is 5.11 Å². The van der Waals surface area contributed by atoms with Gasteiger partial charge in [0.05, 0.1) is 6.10 Å². The summed E-state index contributed by atoms with van der Waals surface area (Å²) in [5.41, 5.74) is 1.15. The first-order valence-corrected chi connectivity index (χ1v) is 4.13. The highest BCUT2D eigenvalue weighted by atomic mass is 16.3. The molecule has 0 saturated heterocycles. The van der Waals surface area contributed by atoms with Crippen molar-refractivity contribution in [2.24, 2.45) is 11.8 Å². The van der Waals surface area contributed by atoms with E-state index in [9.17, 15) is 5.11 Å². The van der Waals surface area contributed by atoms with Gasteiger partial charge in [0.15, 0.2) is 0 Å². The highest BCUT2D eigenvalue weighted by Gasteiger charge is 2.21. The third-order valence-electron chi connectivity index (χ3n) is 2.38. The highest BCUT2D eigenvalue weighted by Crippen LogP contribution is 2.26. The summed E-state index contributed by atoms with van der Waals surface area (Å²) in [6.07, 6.45) is 4.89. The number of allylic oxidation sites excluding steroid dienone is 2. The van der Waals surface area contributed by atoms with Crippen LogP contribution < -0.4 is 0 Å². The summed E-state index contributed by atoms with van der Waals surface area (Å²) in [6.45, 7) is 7.93. The molecule has 1 aliphatic rings. The Morgan fingerprint density at radius 2 is 2.18 bits per heavy atom. The zero-order chi connectivity index (χ0) is 8.43. The number of hydrogen-bond acceptors (Lipinski definition) is 1. The Morgan fingerprint density at radius 1 is 1.55 bits per heavy atom. The molecule has 3 atom stereocenters. The van der Waals surface area contributed by atoms with E-state index in [2.05, 4.69) is 18.7 Å². The van der Waals surface area contributed by atoms with E-state index < -0.39 is 0 Å². The number of hydrogen-bond donors (Lipinski definition) is 1. The summed E-state index contributed by atoms with van der Waals surface area (Å²) >= 11 is 0. The molecular weight excluding hydrogens is 136 g/mol. The molecule has 0 unspecified atom stereocenters. The Labute approximate surface area is 68.4 Å². The smallest absolute Gasteiger partial charge is 0.0608 e. The largest absolute Gasteiger partial charge is 0.392 e. The van der Waals surface area contributed by atoms with E-state index in [-0.39, 0.29) is 6.10 Å². The SMILES string of the molecule is C=C(C)[C@H]1C=C[C@H](C)[C@H](O)C1. The normalized spacial score (nSPS) is 37.2. The van der Waals surface area contributed by atoms with Gasteiger partial charge in [0.2, 0.25) is 0 Å². The summed E-state index contributed by atoms with van der Waals surface area (Å²) in [7, 11) is 0. The van der Waals surface area contributed by atoms with Crippen LogP contribution in [0.2, 0.25) is 0 Å². The van der Waals surface area contributed by atoms with Gasteiger partial charge in [-0.3, -0.25) is 0 Å². The molecule has 0 aromatic heterocycles. The molecule has 0 fully saturated rings. The average molecular weight is 152 g/mol. The summed E-state index contributed by atoms with van der Waals surface area (Å²) < 4.78 is 0. The second kappa shape index (κ2) is 3.22. The van der Waals surface area contributed by atoms with Crippen molar-refractivity contribution >= 4 is 0 Å². The van der Waals surface area contributed by atoms with Crippen LogP contribution in [0.4, 0.5) is 0 Å². The molecule has 0 spiro atoms. The van der Waals surface area contributed by atoms with E-state index >= 15 is 0 Å². The van der Waals surface area contributed by atoms with Gasteiger partial charge in [0, 0.05) is 0 Å². The zero-order valence-corrected chi connectivity index (χ0v) is 7.25. The molecule has 0 amide bonds. The molecule has 62 valence electrons. The standard InChI is InChI=1S/C10H16O/c1-7(2)9-5-4-8(3)10(11)6-9/h4-5,8-11H,1,6H2,2-3H3/t8-,9-,10+/m0/s1. The molecule has 1 nitrogen and oxygen atoms in total. The van der Waals surface area contributed by atoms with Crippen LogP contribution in [0.25, 0.3) is 0 Å². The lowest BCUT2D eigenvalue weighted by molar-refractivity contribution is 0.113. The molecule has 1 aliphatic carbocycles. The van der Waals surface area contributed by atoms with Gasteiger partial charge in [-0.05, 0) is 25.2 Å². The van der Waals surface area contributed by atoms with Crippen LogP contribution in [0.3, 0.4) is 0 Å². The Morgan fingerprint density at radius 3 is 2.64 bits per heavy atom. The predicted molar refractivity (Wildman–Crippen MR) is 47.2 cm³/mol. The molecule has 0 bridgehead atoms. The fourth-order valence-electron chi connectivity index (χ4n) is 1.36. The van der Waals surface area contributed by atoms with Crippen LogP contribution in [-0.2, 0) is 0 Å². The second-order valence-corrected chi connectivity index (χ2v) is 3.50. The van der Waals surface area contributed by atoms with Crippen molar-refractivity contribution in [1.29, 1.82) is 0 Å². The lowest BCUT2D eigenvalue weighted by Gasteiger charge is -2.25. The van der Waals surface area contributed by atoms with Gasteiger partial charge >= 0.3 is 0 Å². The fourth-order valence-corrected chi connectivity index (χ4v) is 1.36. The van der Waals surface area contributed by atoms with E-state index in [0.29, 0.717) is 11.8 Å². The van der Waals surface area contributed by atoms with E-state index in [4.69, 9.17) is 0 Å². The molecule has 0 radical (unpaired) electrons. The summed E-state index contributed by atoms with van der Waals surface area (Å²) in [5.74, 6) is 0.701. The summed E-state index contributed by atoms with van der Waals surface area (Å²) in [5, 5.41) is 9.50. The Bertz CT molecular complexity index is 181. The van der Waals surface area contributed by atoms with Crippen molar-refractivity contribution in [1.82, 2.24) is 0 Å². The molecule has 0 aliphatic heterocycles. The minimum atomic E-state index is -0.179. The van der Waals surface area contributed by atoms with Crippen LogP contribution in [0, 0.1) is 11.8 Å². The van der Waals surface area contributed by atoms with Gasteiger partial charge in [-0.25, -0.2) is 0 Å². The maximum atomic E-state index is 9.50. The van der Waals surface area contributed by atoms with Crippen molar-refractivity contribution in [3.63, 3.8) is 0 Å². The van der Waals surface area contributed by atoms with Crippen molar-refractivity contribution in [2.75, 3.05) is 0 Å². The van der Waals surface area contributed by atoms with Crippen LogP contribution in [0.1, 0.15) is 20.3 Å². The maximum absolute atomic E-state index is 9.50. The average Bonchev–Trinajstić information content (AvgIpc) is 1.94. The van der Waals surface area contributed by atoms with Crippen LogP contribution in [0.5, 0.6) is 0 Å². The summed E-state index contributed by atoms with van der Waals surface area (Å²) in [4.78, 5) is 0. The molecule has 1 heteroatoms. The first-order valence-electron chi connectivity index (χ1n) is 4.13. The van der Waals surface area contributed by atoms with Gasteiger partial charge in [-0.15, -0.1) is 0 Å². The van der Waals surface area contributed by atoms with Crippen LogP contribution >= 0.6 is 0 Å². The molecule has 0 saturated carbocycles. The first kappa shape index (κ1) is 8.54. The molecule has 11 heavy (non-hydrogen) atoms. The first-order chi connectivity index (χ1) is 5.11. The molecule has 1 N–H and O–H groups in total. The van der Waals surface area contributed by atoms with Crippen LogP contribution in [-0.4, -0.2) is 11.2 Å². The quantitative estimate of drug-likeness (QED) is 0.571. The molecule has 0 aromatic carbocycles. The van der Waals surface area contributed by atoms with Gasteiger partial charge in [0.1, 0.15) is 0 Å². The molecule has 0 aromatic rings. The fraction of sp³-hybridized carbons (Fsp3) is 0.600. The van der Waals surface area contributed by atoms with Crippen molar-refractivity contribution < 1.29 is 5.11 Å². The van der Waals surface area contributed by atoms with Crippen molar-refractivity contribution in [3.05, 3.63) is 24.3 Å². The summed E-state index contributed by atoms with van der Waals surface area (Å²) in [6, 6.07) is 0. The van der Waals surface area contributed by atoms with E-state index in [1.165, 1.54) is 0 Å². The Hall–Kier alpha value is -0.560. The van der Waals surface area contributed by atoms with Gasteiger partial charge in [0.25, 0.3) is 0 Å². The van der Waals surface area contributed by atoms with Gasteiger partial charge in [-0.1, -0.05) is 31.2 Å². The van der Waals surface area contributed by atoms with E-state index in [1.54, 1.807) is 0 Å². The monoisotopic (exact) mass is 152 g/mol. The van der Waals surface area contributed by atoms with Crippen molar-refractivity contribution in [2.45, 2.75) is 26.4 Å². The number of rotatable bonds is 1. The Kier molecular flexibility index (Phi) is 2.50.